The number of alkyl halides is 2. The van der Waals surface area contributed by atoms with E-state index >= 15 is 0 Å². The van der Waals surface area contributed by atoms with E-state index in [-0.39, 0.29) is 11.4 Å². The van der Waals surface area contributed by atoms with E-state index in [9.17, 15) is 13.6 Å². The molecule has 0 spiro atoms. The second kappa shape index (κ2) is 6.84. The Morgan fingerprint density at radius 2 is 1.88 bits per heavy atom. The molecule has 3 rings (SSSR count). The largest absolute Gasteiger partial charge is 0.433 e. The van der Waals surface area contributed by atoms with Crippen molar-refractivity contribution < 1.29 is 18.3 Å². The average Bonchev–Trinajstić information content (AvgIpc) is 2.56. The lowest BCUT2D eigenvalue weighted by molar-refractivity contribution is -0.0493. The number of para-hydroxylation sites is 2. The summed E-state index contributed by atoms with van der Waals surface area (Å²) in [5.41, 5.74) is 3.00. The van der Waals surface area contributed by atoms with Crippen molar-refractivity contribution >= 4 is 22.5 Å². The quantitative estimate of drug-likeness (QED) is 0.747. The highest BCUT2D eigenvalue weighted by Gasteiger charge is 2.16. The zero-order valence-electron chi connectivity index (χ0n) is 13.7. The molecular weight excluding hydrogens is 326 g/mol. The van der Waals surface area contributed by atoms with Gasteiger partial charge in [0.25, 0.3) is 5.91 Å². The third-order valence-corrected chi connectivity index (χ3v) is 3.69. The number of ether oxygens (including phenoxy) is 1. The molecule has 1 aromatic heterocycles. The molecule has 25 heavy (non-hydrogen) atoms. The number of rotatable bonds is 4. The second-order valence-electron chi connectivity index (χ2n) is 5.66. The van der Waals surface area contributed by atoms with E-state index in [2.05, 4.69) is 15.0 Å². The second-order valence-corrected chi connectivity index (χ2v) is 5.66. The van der Waals surface area contributed by atoms with Gasteiger partial charge in [0.15, 0.2) is 0 Å². The molecule has 6 heteroatoms. The number of anilines is 1. The van der Waals surface area contributed by atoms with E-state index in [0.717, 1.165) is 5.56 Å². The number of carbonyl (C=O) groups excluding carboxylic acids is 1. The van der Waals surface area contributed by atoms with Gasteiger partial charge in [0.05, 0.1) is 16.8 Å². The van der Waals surface area contributed by atoms with Gasteiger partial charge >= 0.3 is 6.61 Å². The molecule has 0 saturated heterocycles. The maximum Gasteiger partial charge on any atom is 0.387 e. The molecule has 4 nitrogen and oxygen atoms in total. The highest BCUT2D eigenvalue weighted by molar-refractivity contribution is 6.13. The molecule has 0 radical (unpaired) electrons. The fourth-order valence-corrected chi connectivity index (χ4v) is 2.62. The Kier molecular flexibility index (Phi) is 4.61. The van der Waals surface area contributed by atoms with Crippen molar-refractivity contribution in [1.29, 1.82) is 0 Å². The van der Waals surface area contributed by atoms with Crippen LogP contribution in [0.25, 0.3) is 10.9 Å². The zero-order valence-corrected chi connectivity index (χ0v) is 13.7. The summed E-state index contributed by atoms with van der Waals surface area (Å²) in [6.07, 6.45) is 0. The lowest BCUT2D eigenvalue weighted by Crippen LogP contribution is -2.15. The van der Waals surface area contributed by atoms with Crippen LogP contribution in [0.15, 0.2) is 48.5 Å². The van der Waals surface area contributed by atoms with Crippen LogP contribution in [-0.4, -0.2) is 17.5 Å². The molecule has 0 atom stereocenters. The minimum absolute atomic E-state index is 0.0860. The standard InChI is InChI=1S/C19H16F2N2O2/c1-11-7-8-15-13(9-11)14(10-12(2)22-15)18(24)23-16-5-3-4-6-17(16)25-19(20)21/h3-10,19H,1-2H3,(H,23,24). The number of nitrogens with one attached hydrogen (secondary N) is 1. The van der Waals surface area contributed by atoms with Gasteiger partial charge < -0.3 is 10.1 Å². The number of benzene rings is 2. The van der Waals surface area contributed by atoms with Crippen LogP contribution >= 0.6 is 0 Å². The van der Waals surface area contributed by atoms with E-state index in [0.29, 0.717) is 22.2 Å². The lowest BCUT2D eigenvalue weighted by Gasteiger charge is -2.13. The van der Waals surface area contributed by atoms with Crippen LogP contribution in [0, 0.1) is 13.8 Å². The van der Waals surface area contributed by atoms with Crippen molar-refractivity contribution in [3.63, 3.8) is 0 Å². The topological polar surface area (TPSA) is 51.2 Å². The fraction of sp³-hybridized carbons (Fsp3) is 0.158. The van der Waals surface area contributed by atoms with Crippen LogP contribution < -0.4 is 10.1 Å². The average molecular weight is 342 g/mol. The summed E-state index contributed by atoms with van der Waals surface area (Å²) in [6.45, 7) is 0.751. The summed E-state index contributed by atoms with van der Waals surface area (Å²) in [5, 5.41) is 3.35. The molecule has 0 aliphatic heterocycles. The van der Waals surface area contributed by atoms with E-state index in [4.69, 9.17) is 0 Å². The van der Waals surface area contributed by atoms with E-state index < -0.39 is 12.5 Å². The SMILES string of the molecule is Cc1ccc2nc(C)cc(C(=O)Nc3ccccc3OC(F)F)c2c1. The summed E-state index contributed by atoms with van der Waals surface area (Å²) in [6, 6.07) is 13.4. The Hall–Kier alpha value is -3.02. The van der Waals surface area contributed by atoms with Crippen molar-refractivity contribution in [3.8, 4) is 5.75 Å². The minimum Gasteiger partial charge on any atom is -0.433 e. The molecule has 0 aliphatic carbocycles. The van der Waals surface area contributed by atoms with Crippen LogP contribution in [0.4, 0.5) is 14.5 Å². The van der Waals surface area contributed by atoms with Crippen molar-refractivity contribution in [2.75, 3.05) is 5.32 Å². The van der Waals surface area contributed by atoms with Gasteiger partial charge in [-0.15, -0.1) is 0 Å². The number of amides is 1. The minimum atomic E-state index is -2.97. The van der Waals surface area contributed by atoms with Gasteiger partial charge in [-0.05, 0) is 44.2 Å². The summed E-state index contributed by atoms with van der Waals surface area (Å²) in [5.74, 6) is -0.497. The molecule has 0 saturated carbocycles. The highest BCUT2D eigenvalue weighted by atomic mass is 19.3. The first-order chi connectivity index (χ1) is 11.9. The van der Waals surface area contributed by atoms with Gasteiger partial charge in [0.2, 0.25) is 0 Å². The van der Waals surface area contributed by atoms with Crippen molar-refractivity contribution in [3.05, 3.63) is 65.4 Å². The van der Waals surface area contributed by atoms with Gasteiger partial charge in [-0.2, -0.15) is 8.78 Å². The van der Waals surface area contributed by atoms with E-state index in [1.165, 1.54) is 12.1 Å². The van der Waals surface area contributed by atoms with Crippen LogP contribution in [0.5, 0.6) is 5.75 Å². The third kappa shape index (κ3) is 3.74. The monoisotopic (exact) mass is 342 g/mol. The van der Waals surface area contributed by atoms with Gasteiger partial charge in [0.1, 0.15) is 5.75 Å². The van der Waals surface area contributed by atoms with Gasteiger partial charge in [-0.3, -0.25) is 9.78 Å². The number of halogens is 2. The molecule has 1 N–H and O–H groups in total. The number of fused-ring (bicyclic) bond motifs is 1. The normalized spacial score (nSPS) is 10.9. The van der Waals surface area contributed by atoms with E-state index in [1.807, 2.05) is 25.1 Å². The van der Waals surface area contributed by atoms with Crippen LogP contribution in [0.3, 0.4) is 0 Å². The lowest BCUT2D eigenvalue weighted by atomic mass is 10.0. The van der Waals surface area contributed by atoms with Crippen molar-refractivity contribution in [2.24, 2.45) is 0 Å². The molecule has 1 amide bonds. The van der Waals surface area contributed by atoms with Crippen LogP contribution in [0.2, 0.25) is 0 Å². The first-order valence-electron chi connectivity index (χ1n) is 7.67. The van der Waals surface area contributed by atoms with Gasteiger partial charge in [0, 0.05) is 11.1 Å². The number of hydrogen-bond donors (Lipinski definition) is 1. The Balaban J connectivity index is 2.00. The zero-order chi connectivity index (χ0) is 18.0. The Morgan fingerprint density at radius 1 is 1.12 bits per heavy atom. The molecule has 3 aromatic rings. The Labute approximate surface area is 143 Å². The number of aryl methyl sites for hydroxylation is 2. The molecule has 128 valence electrons. The van der Waals surface area contributed by atoms with Gasteiger partial charge in [-0.1, -0.05) is 23.8 Å². The molecular formula is C19H16F2N2O2. The molecule has 0 fully saturated rings. The van der Waals surface area contributed by atoms with Crippen molar-refractivity contribution in [2.45, 2.75) is 20.5 Å². The van der Waals surface area contributed by atoms with E-state index in [1.54, 1.807) is 25.1 Å². The maximum absolute atomic E-state index is 12.7. The number of carbonyl (C=O) groups is 1. The number of aromatic nitrogens is 1. The first kappa shape index (κ1) is 16.8. The molecule has 0 aliphatic rings. The summed E-state index contributed by atoms with van der Waals surface area (Å²) >= 11 is 0. The smallest absolute Gasteiger partial charge is 0.387 e. The van der Waals surface area contributed by atoms with Crippen molar-refractivity contribution in [1.82, 2.24) is 4.98 Å². The number of pyridine rings is 1. The predicted octanol–water partition coefficient (Wildman–Crippen LogP) is 4.71. The number of nitrogens with zero attached hydrogens (tertiary/aromatic N) is 1. The van der Waals surface area contributed by atoms with Crippen LogP contribution in [-0.2, 0) is 0 Å². The first-order valence-corrected chi connectivity index (χ1v) is 7.67. The molecule has 0 bridgehead atoms. The molecule has 1 heterocycles. The maximum atomic E-state index is 12.7. The number of hydrogen-bond acceptors (Lipinski definition) is 3. The van der Waals surface area contributed by atoms with Crippen LogP contribution in [0.1, 0.15) is 21.6 Å². The molecule has 0 unspecified atom stereocenters. The van der Waals surface area contributed by atoms with Gasteiger partial charge in [-0.25, -0.2) is 0 Å². The fourth-order valence-electron chi connectivity index (χ4n) is 2.62. The third-order valence-electron chi connectivity index (χ3n) is 3.69. The summed E-state index contributed by atoms with van der Waals surface area (Å²) in [4.78, 5) is 17.2. The summed E-state index contributed by atoms with van der Waals surface area (Å²) < 4.78 is 29.5. The summed E-state index contributed by atoms with van der Waals surface area (Å²) in [7, 11) is 0. The Bertz CT molecular complexity index is 942. The Morgan fingerprint density at radius 3 is 2.64 bits per heavy atom. The highest BCUT2D eigenvalue weighted by Crippen LogP contribution is 2.27. The molecule has 2 aromatic carbocycles. The predicted molar refractivity (Wildman–Crippen MR) is 92.2 cm³/mol.